The summed E-state index contributed by atoms with van der Waals surface area (Å²) in [5, 5.41) is 12.2. The molecule has 0 radical (unpaired) electrons. The second-order valence-corrected chi connectivity index (χ2v) is 5.37. The standard InChI is InChI=1S/C19H17N5/c1-14-21-18(23-16-8-6-7-15(11-16)13-20)12-19(22-14)24(2)17-9-4-3-5-10-17/h3-12H,1-2H3,(H,21,22,23). The Morgan fingerprint density at radius 2 is 1.79 bits per heavy atom. The molecule has 1 heterocycles. The molecule has 3 rings (SSSR count). The third-order valence-corrected chi connectivity index (χ3v) is 3.58. The molecule has 0 saturated carbocycles. The Morgan fingerprint density at radius 1 is 1.00 bits per heavy atom. The van der Waals surface area contributed by atoms with Crippen molar-refractivity contribution >= 4 is 23.0 Å². The number of anilines is 4. The molecular formula is C19H17N5. The summed E-state index contributed by atoms with van der Waals surface area (Å²) in [6.07, 6.45) is 0. The van der Waals surface area contributed by atoms with Crippen LogP contribution >= 0.6 is 0 Å². The summed E-state index contributed by atoms with van der Waals surface area (Å²) < 4.78 is 0. The second-order valence-electron chi connectivity index (χ2n) is 5.37. The van der Waals surface area contributed by atoms with Gasteiger partial charge < -0.3 is 10.2 Å². The van der Waals surface area contributed by atoms with Crippen molar-refractivity contribution < 1.29 is 0 Å². The smallest absolute Gasteiger partial charge is 0.138 e. The van der Waals surface area contributed by atoms with Gasteiger partial charge in [0.05, 0.1) is 11.6 Å². The Balaban J connectivity index is 1.90. The summed E-state index contributed by atoms with van der Waals surface area (Å²) in [6.45, 7) is 1.86. The van der Waals surface area contributed by atoms with E-state index in [0.29, 0.717) is 17.2 Å². The number of nitrogens with zero attached hydrogens (tertiary/aromatic N) is 4. The van der Waals surface area contributed by atoms with E-state index in [1.807, 2.05) is 67.4 Å². The molecule has 118 valence electrons. The Bertz CT molecular complexity index is 884. The molecule has 0 aliphatic heterocycles. The topological polar surface area (TPSA) is 64.8 Å². The summed E-state index contributed by atoms with van der Waals surface area (Å²) in [7, 11) is 1.97. The first-order valence-corrected chi connectivity index (χ1v) is 7.57. The maximum Gasteiger partial charge on any atom is 0.138 e. The maximum absolute atomic E-state index is 9.01. The van der Waals surface area contributed by atoms with Crippen LogP contribution in [0.2, 0.25) is 0 Å². The summed E-state index contributed by atoms with van der Waals surface area (Å²) in [4.78, 5) is 10.9. The van der Waals surface area contributed by atoms with Crippen LogP contribution in [0.25, 0.3) is 0 Å². The zero-order chi connectivity index (χ0) is 16.9. The highest BCUT2D eigenvalue weighted by Crippen LogP contribution is 2.24. The summed E-state index contributed by atoms with van der Waals surface area (Å²) in [5.41, 5.74) is 2.47. The largest absolute Gasteiger partial charge is 0.340 e. The predicted octanol–water partition coefficient (Wildman–Crippen LogP) is 4.17. The van der Waals surface area contributed by atoms with Gasteiger partial charge in [0, 0.05) is 24.5 Å². The molecule has 0 saturated heterocycles. The molecule has 1 aromatic heterocycles. The third-order valence-electron chi connectivity index (χ3n) is 3.58. The molecule has 24 heavy (non-hydrogen) atoms. The van der Waals surface area contributed by atoms with Crippen LogP contribution in [0.1, 0.15) is 11.4 Å². The zero-order valence-electron chi connectivity index (χ0n) is 13.6. The van der Waals surface area contributed by atoms with Gasteiger partial charge in [-0.25, -0.2) is 9.97 Å². The van der Waals surface area contributed by atoms with Crippen LogP contribution in [-0.4, -0.2) is 17.0 Å². The van der Waals surface area contributed by atoms with Gasteiger partial charge >= 0.3 is 0 Å². The van der Waals surface area contributed by atoms with Gasteiger partial charge in [-0.15, -0.1) is 0 Å². The monoisotopic (exact) mass is 315 g/mol. The van der Waals surface area contributed by atoms with Gasteiger partial charge in [-0.2, -0.15) is 5.26 Å². The zero-order valence-corrected chi connectivity index (χ0v) is 13.6. The summed E-state index contributed by atoms with van der Waals surface area (Å²) >= 11 is 0. The number of aromatic nitrogens is 2. The Hall–Kier alpha value is -3.39. The molecule has 0 aliphatic carbocycles. The van der Waals surface area contributed by atoms with Crippen LogP contribution in [0.5, 0.6) is 0 Å². The number of benzene rings is 2. The van der Waals surface area contributed by atoms with Crippen LogP contribution < -0.4 is 10.2 Å². The molecule has 5 nitrogen and oxygen atoms in total. The van der Waals surface area contributed by atoms with Crippen molar-refractivity contribution in [3.63, 3.8) is 0 Å². The van der Waals surface area contributed by atoms with E-state index < -0.39 is 0 Å². The number of rotatable bonds is 4. The molecule has 0 aliphatic rings. The molecular weight excluding hydrogens is 298 g/mol. The highest BCUT2D eigenvalue weighted by molar-refractivity contribution is 5.65. The molecule has 0 unspecified atom stereocenters. The molecule has 0 atom stereocenters. The SMILES string of the molecule is Cc1nc(Nc2cccc(C#N)c2)cc(N(C)c2ccccc2)n1. The van der Waals surface area contributed by atoms with Crippen LogP contribution in [0, 0.1) is 18.3 Å². The number of aryl methyl sites for hydroxylation is 1. The molecule has 0 bridgehead atoms. The van der Waals surface area contributed by atoms with Gasteiger partial charge in [0.15, 0.2) is 0 Å². The predicted molar refractivity (Wildman–Crippen MR) is 95.7 cm³/mol. The average molecular weight is 315 g/mol. The summed E-state index contributed by atoms with van der Waals surface area (Å²) in [5.74, 6) is 2.16. The van der Waals surface area contributed by atoms with Crippen LogP contribution in [0.4, 0.5) is 23.0 Å². The van der Waals surface area contributed by atoms with Gasteiger partial charge in [0.2, 0.25) is 0 Å². The van der Waals surface area contributed by atoms with E-state index in [9.17, 15) is 0 Å². The van der Waals surface area contributed by atoms with Crippen LogP contribution in [-0.2, 0) is 0 Å². The first-order chi connectivity index (χ1) is 11.7. The lowest BCUT2D eigenvalue weighted by atomic mass is 10.2. The van der Waals surface area contributed by atoms with E-state index in [0.717, 1.165) is 17.2 Å². The van der Waals surface area contributed by atoms with E-state index in [4.69, 9.17) is 5.26 Å². The number of nitriles is 1. The van der Waals surface area contributed by atoms with Crippen molar-refractivity contribution in [1.82, 2.24) is 9.97 Å². The molecule has 1 N–H and O–H groups in total. The average Bonchev–Trinajstić information content (AvgIpc) is 2.61. The normalized spacial score (nSPS) is 10.0. The lowest BCUT2D eigenvalue weighted by Crippen LogP contribution is -2.12. The highest BCUT2D eigenvalue weighted by Gasteiger charge is 2.09. The van der Waals surface area contributed by atoms with E-state index in [1.165, 1.54) is 0 Å². The van der Waals surface area contributed by atoms with E-state index >= 15 is 0 Å². The third kappa shape index (κ3) is 3.50. The lowest BCUT2D eigenvalue weighted by Gasteiger charge is -2.19. The quantitative estimate of drug-likeness (QED) is 0.783. The van der Waals surface area contributed by atoms with Crippen molar-refractivity contribution in [2.24, 2.45) is 0 Å². The molecule has 3 aromatic rings. The Kier molecular flexibility index (Phi) is 4.39. The minimum absolute atomic E-state index is 0.604. The van der Waals surface area contributed by atoms with Crippen molar-refractivity contribution in [3.8, 4) is 6.07 Å². The van der Waals surface area contributed by atoms with Crippen molar-refractivity contribution in [1.29, 1.82) is 5.26 Å². The van der Waals surface area contributed by atoms with Crippen LogP contribution in [0.15, 0.2) is 60.7 Å². The Morgan fingerprint density at radius 3 is 2.54 bits per heavy atom. The number of nitrogens with one attached hydrogen (secondary N) is 1. The van der Waals surface area contributed by atoms with Crippen molar-refractivity contribution in [2.75, 3.05) is 17.3 Å². The molecule has 5 heteroatoms. The highest BCUT2D eigenvalue weighted by atomic mass is 15.2. The van der Waals surface area contributed by atoms with Gasteiger partial charge in [-0.05, 0) is 37.3 Å². The first kappa shape index (κ1) is 15.5. The lowest BCUT2D eigenvalue weighted by molar-refractivity contribution is 1.02. The van der Waals surface area contributed by atoms with Gasteiger partial charge in [-0.3, -0.25) is 0 Å². The van der Waals surface area contributed by atoms with Gasteiger partial charge in [-0.1, -0.05) is 24.3 Å². The van der Waals surface area contributed by atoms with E-state index in [2.05, 4.69) is 21.4 Å². The van der Waals surface area contributed by atoms with Gasteiger partial charge in [0.1, 0.15) is 17.5 Å². The fraction of sp³-hybridized carbons (Fsp3) is 0.105. The number of hydrogen-bond donors (Lipinski definition) is 1. The molecule has 2 aromatic carbocycles. The van der Waals surface area contributed by atoms with Crippen molar-refractivity contribution in [3.05, 3.63) is 72.1 Å². The van der Waals surface area contributed by atoms with Crippen LogP contribution in [0.3, 0.4) is 0 Å². The fourth-order valence-electron chi connectivity index (χ4n) is 2.39. The molecule has 0 amide bonds. The van der Waals surface area contributed by atoms with E-state index in [1.54, 1.807) is 12.1 Å². The minimum atomic E-state index is 0.604. The van der Waals surface area contributed by atoms with Crippen molar-refractivity contribution in [2.45, 2.75) is 6.92 Å². The fourth-order valence-corrected chi connectivity index (χ4v) is 2.39. The molecule has 0 fully saturated rings. The Labute approximate surface area is 141 Å². The first-order valence-electron chi connectivity index (χ1n) is 7.57. The van der Waals surface area contributed by atoms with E-state index in [-0.39, 0.29) is 0 Å². The number of para-hydroxylation sites is 1. The van der Waals surface area contributed by atoms with Gasteiger partial charge in [0.25, 0.3) is 0 Å². The minimum Gasteiger partial charge on any atom is -0.340 e. The molecule has 0 spiro atoms. The number of hydrogen-bond acceptors (Lipinski definition) is 5. The maximum atomic E-state index is 9.01. The second kappa shape index (κ2) is 6.80. The summed E-state index contributed by atoms with van der Waals surface area (Å²) in [6, 6.07) is 21.3.